The molecule has 130 valence electrons. The first-order chi connectivity index (χ1) is 11.5. The highest BCUT2D eigenvalue weighted by Crippen LogP contribution is 2.45. The minimum absolute atomic E-state index is 0.0484. The van der Waals surface area contributed by atoms with Gasteiger partial charge in [0.1, 0.15) is 0 Å². The van der Waals surface area contributed by atoms with Crippen molar-refractivity contribution in [3.05, 3.63) is 35.4 Å². The van der Waals surface area contributed by atoms with Gasteiger partial charge in [0.25, 0.3) is 0 Å². The zero-order valence-corrected chi connectivity index (χ0v) is 13.7. The summed E-state index contributed by atoms with van der Waals surface area (Å²) in [5.41, 5.74) is 2.25. The van der Waals surface area contributed by atoms with Crippen LogP contribution < -0.4 is 9.47 Å². The van der Waals surface area contributed by atoms with E-state index in [1.54, 1.807) is 24.3 Å². The van der Waals surface area contributed by atoms with Gasteiger partial charge in [-0.2, -0.15) is 0 Å². The van der Waals surface area contributed by atoms with Gasteiger partial charge in [0.2, 0.25) is 0 Å². The molecule has 4 N–H and O–H groups in total. The van der Waals surface area contributed by atoms with E-state index >= 15 is 0 Å². The van der Waals surface area contributed by atoms with Crippen molar-refractivity contribution in [3.63, 3.8) is 0 Å². The van der Waals surface area contributed by atoms with Crippen molar-refractivity contribution < 1.29 is 29.9 Å². The number of ether oxygens (including phenoxy) is 2. The van der Waals surface area contributed by atoms with E-state index in [2.05, 4.69) is 0 Å². The van der Waals surface area contributed by atoms with Crippen LogP contribution in [0.1, 0.15) is 11.1 Å². The van der Waals surface area contributed by atoms with Crippen LogP contribution in [-0.2, 0) is 12.8 Å². The smallest absolute Gasteiger partial charge is 0.165 e. The Morgan fingerprint density at radius 1 is 0.708 bits per heavy atom. The van der Waals surface area contributed by atoms with Crippen molar-refractivity contribution in [1.82, 2.24) is 0 Å². The lowest BCUT2D eigenvalue weighted by Gasteiger charge is -2.16. The van der Waals surface area contributed by atoms with Crippen LogP contribution >= 0.6 is 0 Å². The third-order valence-corrected chi connectivity index (χ3v) is 3.80. The van der Waals surface area contributed by atoms with Gasteiger partial charge in [-0.3, -0.25) is 0 Å². The van der Waals surface area contributed by atoms with E-state index < -0.39 is 0 Å². The number of phenolic OH excluding ortho intramolecular Hbond substituents is 2. The number of aliphatic hydroxyl groups excluding tert-OH is 2. The summed E-state index contributed by atoms with van der Waals surface area (Å²) in [4.78, 5) is 0. The molecule has 0 saturated heterocycles. The number of benzene rings is 2. The molecule has 24 heavy (non-hydrogen) atoms. The molecule has 2 aromatic carbocycles. The van der Waals surface area contributed by atoms with Crippen LogP contribution in [-0.4, -0.2) is 47.9 Å². The van der Waals surface area contributed by atoms with Crippen LogP contribution in [0.2, 0.25) is 0 Å². The summed E-state index contributed by atoms with van der Waals surface area (Å²) in [6, 6.07) is 6.65. The molecular formula is C18H22O6. The minimum Gasteiger partial charge on any atom is -0.504 e. The predicted molar refractivity (Wildman–Crippen MR) is 89.9 cm³/mol. The van der Waals surface area contributed by atoms with Crippen LogP contribution in [0.15, 0.2) is 24.3 Å². The summed E-state index contributed by atoms with van der Waals surface area (Å²) < 4.78 is 10.4. The van der Waals surface area contributed by atoms with Crippen LogP contribution in [0.3, 0.4) is 0 Å². The fourth-order valence-corrected chi connectivity index (χ4v) is 2.60. The van der Waals surface area contributed by atoms with Gasteiger partial charge in [0, 0.05) is 24.3 Å². The predicted octanol–water partition coefficient (Wildman–Crippen LogP) is 1.85. The van der Waals surface area contributed by atoms with Crippen molar-refractivity contribution in [2.75, 3.05) is 27.4 Å². The van der Waals surface area contributed by atoms with Gasteiger partial charge in [-0.15, -0.1) is 0 Å². The molecule has 0 spiro atoms. The number of methoxy groups -OCH3 is 2. The molecule has 0 heterocycles. The molecule has 6 heteroatoms. The standard InChI is InChI=1S/C18H22O6/c1-23-15-9-11(3-5-19)7-13(17(15)21)14-8-12(4-6-20)10-16(24-2)18(14)22/h7-10,19-22H,3-6H2,1-2H3. The molecule has 0 bridgehead atoms. The molecule has 6 nitrogen and oxygen atoms in total. The summed E-state index contributed by atoms with van der Waals surface area (Å²) >= 11 is 0. The van der Waals surface area contributed by atoms with Crippen molar-refractivity contribution in [2.45, 2.75) is 12.8 Å². The summed E-state index contributed by atoms with van der Waals surface area (Å²) in [5, 5.41) is 39.2. The maximum Gasteiger partial charge on any atom is 0.165 e. The van der Waals surface area contributed by atoms with Crippen LogP contribution in [0.5, 0.6) is 23.0 Å². The average molecular weight is 334 g/mol. The van der Waals surface area contributed by atoms with Crippen LogP contribution in [0.4, 0.5) is 0 Å². The molecule has 2 rings (SSSR count). The largest absolute Gasteiger partial charge is 0.504 e. The second-order valence-corrected chi connectivity index (χ2v) is 5.34. The Bertz CT molecular complexity index is 650. The summed E-state index contributed by atoms with van der Waals surface area (Å²) in [7, 11) is 2.87. The Morgan fingerprint density at radius 2 is 1.08 bits per heavy atom. The van der Waals surface area contributed by atoms with Crippen molar-refractivity contribution in [2.24, 2.45) is 0 Å². The first kappa shape index (κ1) is 17.9. The van der Waals surface area contributed by atoms with E-state index in [0.717, 1.165) is 11.1 Å². The van der Waals surface area contributed by atoms with Crippen molar-refractivity contribution in [3.8, 4) is 34.1 Å². The molecule has 0 aromatic heterocycles. The quantitative estimate of drug-likeness (QED) is 0.617. The maximum absolute atomic E-state index is 10.5. The van der Waals surface area contributed by atoms with Crippen LogP contribution in [0, 0.1) is 0 Å². The van der Waals surface area contributed by atoms with Gasteiger partial charge in [-0.25, -0.2) is 0 Å². The topological polar surface area (TPSA) is 99.4 Å². The number of aromatic hydroxyl groups is 2. The second kappa shape index (κ2) is 7.90. The highest BCUT2D eigenvalue weighted by molar-refractivity contribution is 5.81. The van der Waals surface area contributed by atoms with Gasteiger partial charge in [0.05, 0.1) is 14.2 Å². The normalized spacial score (nSPS) is 10.7. The second-order valence-electron chi connectivity index (χ2n) is 5.34. The maximum atomic E-state index is 10.5. The summed E-state index contributed by atoms with van der Waals surface area (Å²) in [5.74, 6) is 0.277. The summed E-state index contributed by atoms with van der Waals surface area (Å²) in [6.07, 6.45) is 0.774. The molecule has 0 aliphatic heterocycles. The molecule has 0 aliphatic carbocycles. The zero-order chi connectivity index (χ0) is 17.7. The Balaban J connectivity index is 2.69. The number of aliphatic hydroxyl groups is 2. The number of phenols is 2. The van der Waals surface area contributed by atoms with Gasteiger partial charge in [-0.1, -0.05) is 0 Å². The zero-order valence-electron chi connectivity index (χ0n) is 13.7. The molecule has 0 aliphatic rings. The number of hydrogen-bond acceptors (Lipinski definition) is 6. The van der Waals surface area contributed by atoms with E-state index in [1.807, 2.05) is 0 Å². The van der Waals surface area contributed by atoms with Crippen molar-refractivity contribution >= 4 is 0 Å². The first-order valence-corrected chi connectivity index (χ1v) is 7.57. The SMILES string of the molecule is COc1cc(CCO)cc(-c2cc(CCO)cc(OC)c2O)c1O. The van der Waals surface area contributed by atoms with Gasteiger partial charge < -0.3 is 29.9 Å². The average Bonchev–Trinajstić information content (AvgIpc) is 2.58. The fourth-order valence-electron chi connectivity index (χ4n) is 2.60. The van der Waals surface area contributed by atoms with E-state index in [9.17, 15) is 10.2 Å². The Morgan fingerprint density at radius 3 is 1.38 bits per heavy atom. The van der Waals surface area contributed by atoms with Crippen molar-refractivity contribution in [1.29, 1.82) is 0 Å². The fraction of sp³-hybridized carbons (Fsp3) is 0.333. The Labute approximate surface area is 140 Å². The third-order valence-electron chi connectivity index (χ3n) is 3.80. The molecule has 0 radical (unpaired) electrons. The van der Waals surface area contributed by atoms with E-state index in [4.69, 9.17) is 19.7 Å². The van der Waals surface area contributed by atoms with Gasteiger partial charge in [-0.05, 0) is 48.2 Å². The molecule has 0 fully saturated rings. The molecule has 0 unspecified atom stereocenters. The van der Waals surface area contributed by atoms with E-state index in [1.165, 1.54) is 14.2 Å². The molecule has 0 amide bonds. The van der Waals surface area contributed by atoms with Gasteiger partial charge in [0.15, 0.2) is 23.0 Å². The minimum atomic E-state index is -0.113. The lowest BCUT2D eigenvalue weighted by Crippen LogP contribution is -1.97. The monoisotopic (exact) mass is 334 g/mol. The highest BCUT2D eigenvalue weighted by atomic mass is 16.5. The number of rotatable bonds is 7. The lowest BCUT2D eigenvalue weighted by atomic mass is 9.96. The van der Waals surface area contributed by atoms with E-state index in [0.29, 0.717) is 24.0 Å². The lowest BCUT2D eigenvalue weighted by molar-refractivity contribution is 0.298. The van der Waals surface area contributed by atoms with Crippen LogP contribution in [0.25, 0.3) is 11.1 Å². The van der Waals surface area contributed by atoms with E-state index in [-0.39, 0.29) is 36.2 Å². The Kier molecular flexibility index (Phi) is 5.89. The molecule has 0 atom stereocenters. The molecule has 0 saturated carbocycles. The molecule has 2 aromatic rings. The van der Waals surface area contributed by atoms with Gasteiger partial charge >= 0.3 is 0 Å². The highest BCUT2D eigenvalue weighted by Gasteiger charge is 2.19. The molecular weight excluding hydrogens is 312 g/mol. The number of hydrogen-bond donors (Lipinski definition) is 4. The Hall–Kier alpha value is -2.44. The summed E-state index contributed by atoms with van der Waals surface area (Å²) in [6.45, 7) is -0.0968. The third kappa shape index (κ3) is 3.55. The first-order valence-electron chi connectivity index (χ1n) is 7.57.